The van der Waals surface area contributed by atoms with E-state index in [1.807, 2.05) is 0 Å². The van der Waals surface area contributed by atoms with E-state index in [0.717, 1.165) is 12.8 Å². The number of rotatable bonds is 15. The summed E-state index contributed by atoms with van der Waals surface area (Å²) >= 11 is 0. The van der Waals surface area contributed by atoms with Gasteiger partial charge in [0.1, 0.15) is 0 Å². The normalized spacial score (nSPS) is 11.2. The lowest BCUT2D eigenvalue weighted by Crippen LogP contribution is -1.93. The summed E-state index contributed by atoms with van der Waals surface area (Å²) in [6, 6.07) is 0. The van der Waals surface area contributed by atoms with Crippen LogP contribution in [0.2, 0.25) is 0 Å². The third kappa shape index (κ3) is 17.2. The molecule has 20 heavy (non-hydrogen) atoms. The molecule has 0 rings (SSSR count). The fraction of sp³-hybridized carbons (Fsp3) is 0.833. The third-order valence-corrected chi connectivity index (χ3v) is 3.65. The fourth-order valence-electron chi connectivity index (χ4n) is 2.35. The van der Waals surface area contributed by atoms with Gasteiger partial charge in [0.2, 0.25) is 0 Å². The van der Waals surface area contributed by atoms with E-state index < -0.39 is 5.97 Å². The molecule has 0 aromatic heterocycles. The second-order valence-corrected chi connectivity index (χ2v) is 5.73. The van der Waals surface area contributed by atoms with Crippen molar-refractivity contribution >= 4 is 5.97 Å². The van der Waals surface area contributed by atoms with E-state index in [0.29, 0.717) is 6.42 Å². The van der Waals surface area contributed by atoms with E-state index in [4.69, 9.17) is 5.11 Å². The van der Waals surface area contributed by atoms with Crippen LogP contribution in [0.15, 0.2) is 12.2 Å². The quantitative estimate of drug-likeness (QED) is 0.224. The molecular formula is C18H34O2. The van der Waals surface area contributed by atoms with Crippen LogP contribution < -0.4 is 0 Å². The molecule has 0 saturated heterocycles. The number of carboxylic acids is 1. The molecule has 2 nitrogen and oxygen atoms in total. The maximum Gasteiger partial charge on any atom is 0.303 e. The van der Waals surface area contributed by atoms with Gasteiger partial charge in [-0.2, -0.15) is 0 Å². The summed E-state index contributed by atoms with van der Waals surface area (Å²) in [7, 11) is 0. The van der Waals surface area contributed by atoms with Gasteiger partial charge >= 0.3 is 5.97 Å². The smallest absolute Gasteiger partial charge is 0.303 e. The number of allylic oxidation sites excluding steroid dienone is 2. The van der Waals surface area contributed by atoms with Gasteiger partial charge in [-0.3, -0.25) is 4.79 Å². The molecule has 0 spiro atoms. The van der Waals surface area contributed by atoms with Crippen LogP contribution in [0, 0.1) is 0 Å². The number of carboxylic acid groups (broad SMARTS) is 1. The molecule has 0 aromatic carbocycles. The maximum absolute atomic E-state index is 10.3. The highest BCUT2D eigenvalue weighted by atomic mass is 16.4. The van der Waals surface area contributed by atoms with E-state index in [2.05, 4.69) is 19.1 Å². The molecule has 0 saturated carbocycles. The first kappa shape index (κ1) is 19.2. The molecule has 0 heterocycles. The Kier molecular flexibility index (Phi) is 15.6. The number of carbonyl (C=O) groups is 1. The van der Waals surface area contributed by atoms with Crippen LogP contribution in [0.5, 0.6) is 0 Å². The van der Waals surface area contributed by atoms with E-state index in [1.54, 1.807) is 0 Å². The third-order valence-electron chi connectivity index (χ3n) is 3.65. The van der Waals surface area contributed by atoms with E-state index in [9.17, 15) is 4.79 Å². The predicted octanol–water partition coefficient (Wildman–Crippen LogP) is 6.11. The van der Waals surface area contributed by atoms with Gasteiger partial charge in [0.05, 0.1) is 0 Å². The van der Waals surface area contributed by atoms with Crippen LogP contribution in [0.1, 0.15) is 96.8 Å². The molecule has 0 aliphatic rings. The monoisotopic (exact) mass is 284 g/mol. The summed E-state index contributed by atoms with van der Waals surface area (Å²) in [6.45, 7) is 2.26. The van der Waals surface area contributed by atoms with E-state index in [1.165, 1.54) is 70.6 Å². The van der Waals surface area contributed by atoms with Crippen molar-refractivity contribution in [1.82, 2.24) is 0 Å². The molecule has 0 amide bonds. The number of unbranched alkanes of at least 4 members (excludes halogenated alkanes) is 11. The van der Waals surface area contributed by atoms with Crippen LogP contribution >= 0.6 is 0 Å². The molecule has 0 aliphatic carbocycles. The molecule has 118 valence electrons. The summed E-state index contributed by atoms with van der Waals surface area (Å²) in [4.78, 5) is 10.3. The van der Waals surface area contributed by atoms with Crippen LogP contribution in [0.4, 0.5) is 0 Å². The molecular weight excluding hydrogens is 250 g/mol. The first-order valence-corrected chi connectivity index (χ1v) is 8.64. The van der Waals surface area contributed by atoms with Gasteiger partial charge in [0.15, 0.2) is 0 Å². The Bertz CT molecular complexity index is 234. The second kappa shape index (κ2) is 16.3. The van der Waals surface area contributed by atoms with Gasteiger partial charge in [-0.15, -0.1) is 0 Å². The molecule has 0 fully saturated rings. The Morgan fingerprint density at radius 2 is 1.20 bits per heavy atom. The van der Waals surface area contributed by atoms with Gasteiger partial charge in [-0.25, -0.2) is 0 Å². The molecule has 0 bridgehead atoms. The number of aliphatic carboxylic acids is 1. The molecule has 0 atom stereocenters. The average molecular weight is 284 g/mol. The molecule has 0 aliphatic heterocycles. The lowest BCUT2D eigenvalue weighted by Gasteiger charge is -1.99. The van der Waals surface area contributed by atoms with Gasteiger partial charge in [-0.1, -0.05) is 70.4 Å². The zero-order chi connectivity index (χ0) is 14.9. The van der Waals surface area contributed by atoms with Gasteiger partial charge in [0.25, 0.3) is 0 Å². The van der Waals surface area contributed by atoms with Crippen molar-refractivity contribution < 1.29 is 9.90 Å². The minimum Gasteiger partial charge on any atom is -0.481 e. The minimum atomic E-state index is -0.664. The zero-order valence-electron chi connectivity index (χ0n) is 13.4. The fourth-order valence-corrected chi connectivity index (χ4v) is 2.35. The van der Waals surface area contributed by atoms with Gasteiger partial charge in [-0.05, 0) is 32.1 Å². The van der Waals surface area contributed by atoms with Crippen molar-refractivity contribution in [1.29, 1.82) is 0 Å². The van der Waals surface area contributed by atoms with E-state index in [-0.39, 0.29) is 0 Å². The highest BCUT2D eigenvalue weighted by Gasteiger charge is 1.95. The lowest BCUT2D eigenvalue weighted by atomic mass is 10.1. The van der Waals surface area contributed by atoms with Gasteiger partial charge in [0, 0.05) is 6.42 Å². The first-order chi connectivity index (χ1) is 9.77. The minimum absolute atomic E-state index is 0.332. The van der Waals surface area contributed by atoms with Crippen molar-refractivity contribution in [2.75, 3.05) is 0 Å². The molecule has 2 heteroatoms. The van der Waals surface area contributed by atoms with Crippen LogP contribution in [0.25, 0.3) is 0 Å². The van der Waals surface area contributed by atoms with Crippen LogP contribution in [0.3, 0.4) is 0 Å². The Labute approximate surface area is 125 Å². The van der Waals surface area contributed by atoms with Crippen molar-refractivity contribution in [3.8, 4) is 0 Å². The van der Waals surface area contributed by atoms with Crippen molar-refractivity contribution in [2.24, 2.45) is 0 Å². The maximum atomic E-state index is 10.3. The molecule has 0 radical (unpaired) electrons. The summed E-state index contributed by atoms with van der Waals surface area (Å²) in [6.07, 6.45) is 21.2. The lowest BCUT2D eigenvalue weighted by molar-refractivity contribution is -0.137. The summed E-state index contributed by atoms with van der Waals surface area (Å²) in [5, 5.41) is 8.51. The SMILES string of the molecule is CCCCCCCC/[13CH]=[13CH]/CCCCCCCC(=O)O. The zero-order valence-corrected chi connectivity index (χ0v) is 13.4. The predicted molar refractivity (Wildman–Crippen MR) is 87.1 cm³/mol. The Morgan fingerprint density at radius 1 is 0.750 bits per heavy atom. The summed E-state index contributed by atoms with van der Waals surface area (Å²) < 4.78 is 0. The summed E-state index contributed by atoms with van der Waals surface area (Å²) in [5.41, 5.74) is 0. The molecule has 0 aromatic rings. The highest BCUT2D eigenvalue weighted by molar-refractivity contribution is 5.66. The largest absolute Gasteiger partial charge is 0.481 e. The number of hydrogen-bond donors (Lipinski definition) is 1. The van der Waals surface area contributed by atoms with Crippen molar-refractivity contribution in [3.63, 3.8) is 0 Å². The number of hydrogen-bond acceptors (Lipinski definition) is 1. The first-order valence-electron chi connectivity index (χ1n) is 8.64. The van der Waals surface area contributed by atoms with Crippen molar-refractivity contribution in [2.45, 2.75) is 96.8 Å². The Balaban J connectivity index is 3.07. The molecule has 1 N–H and O–H groups in total. The van der Waals surface area contributed by atoms with E-state index >= 15 is 0 Å². The Morgan fingerprint density at radius 3 is 1.70 bits per heavy atom. The van der Waals surface area contributed by atoms with Crippen LogP contribution in [-0.4, -0.2) is 11.1 Å². The Hall–Kier alpha value is -0.790. The second-order valence-electron chi connectivity index (χ2n) is 5.73. The molecule has 0 unspecified atom stereocenters. The topological polar surface area (TPSA) is 37.3 Å². The highest BCUT2D eigenvalue weighted by Crippen LogP contribution is 2.09. The average Bonchev–Trinajstić information content (AvgIpc) is 2.43. The standard InChI is InChI=1S/C18H34O2/c1-2-3-4-5-6-7-8-9-10-11-12-13-14-15-16-17-18(19)20/h9-10H,2-8,11-17H2,1H3,(H,19,20)/b10-9+/i9+1,10+1. The van der Waals surface area contributed by atoms with Gasteiger partial charge < -0.3 is 5.11 Å². The summed E-state index contributed by atoms with van der Waals surface area (Å²) in [5.74, 6) is -0.664. The van der Waals surface area contributed by atoms with Crippen molar-refractivity contribution in [3.05, 3.63) is 12.2 Å². The van der Waals surface area contributed by atoms with Crippen LogP contribution in [-0.2, 0) is 4.79 Å².